The van der Waals surface area contributed by atoms with Crippen molar-refractivity contribution in [2.75, 3.05) is 6.54 Å². The maximum absolute atomic E-state index is 12.4. The summed E-state index contributed by atoms with van der Waals surface area (Å²) < 4.78 is 28.0. The van der Waals surface area contributed by atoms with Gasteiger partial charge in [0.25, 0.3) is 10.0 Å². The molecule has 3 N–H and O–H groups in total. The second-order valence-corrected chi connectivity index (χ2v) is 7.76. The molecule has 19 heavy (non-hydrogen) atoms. The molecule has 0 atom stereocenters. The molecule has 4 nitrogen and oxygen atoms in total. The zero-order chi connectivity index (χ0) is 14.0. The van der Waals surface area contributed by atoms with Gasteiger partial charge < -0.3 is 5.73 Å². The summed E-state index contributed by atoms with van der Waals surface area (Å²) in [6.07, 6.45) is 1.37. The van der Waals surface area contributed by atoms with E-state index in [1.807, 2.05) is 33.8 Å². The van der Waals surface area contributed by atoms with Crippen LogP contribution in [0.25, 0.3) is 0 Å². The number of hydrogen-bond donors (Lipinski definition) is 2. The zero-order valence-corrected chi connectivity index (χ0v) is 14.3. The highest BCUT2D eigenvalue weighted by molar-refractivity contribution is 7.91. The monoisotopic (exact) mass is 326 g/mol. The Labute approximate surface area is 126 Å². The Morgan fingerprint density at radius 1 is 1.32 bits per heavy atom. The lowest BCUT2D eigenvalue weighted by Gasteiger charge is -2.30. The molecule has 112 valence electrons. The van der Waals surface area contributed by atoms with E-state index >= 15 is 0 Å². The van der Waals surface area contributed by atoms with Crippen LogP contribution in [0, 0.1) is 13.8 Å². The number of halogens is 1. The van der Waals surface area contributed by atoms with Gasteiger partial charge in [0, 0.05) is 17.0 Å². The minimum Gasteiger partial charge on any atom is -0.329 e. The summed E-state index contributed by atoms with van der Waals surface area (Å²) in [7, 11) is -3.48. The molecular formula is C12H23ClN2O2S2. The first kappa shape index (κ1) is 18.9. The van der Waals surface area contributed by atoms with Gasteiger partial charge in [0.15, 0.2) is 0 Å². The first-order valence-corrected chi connectivity index (χ1v) is 8.41. The van der Waals surface area contributed by atoms with E-state index in [2.05, 4.69) is 4.72 Å². The Kier molecular flexibility index (Phi) is 6.99. The summed E-state index contributed by atoms with van der Waals surface area (Å²) >= 11 is 1.30. The maximum Gasteiger partial charge on any atom is 0.250 e. The molecule has 0 fully saturated rings. The van der Waals surface area contributed by atoms with Crippen LogP contribution in [0.5, 0.6) is 0 Å². The molecule has 0 bridgehead atoms. The van der Waals surface area contributed by atoms with Crippen LogP contribution in [0.1, 0.15) is 37.1 Å². The summed E-state index contributed by atoms with van der Waals surface area (Å²) in [6.45, 7) is 7.94. The lowest BCUT2D eigenvalue weighted by atomic mass is 9.95. The topological polar surface area (TPSA) is 72.2 Å². The molecule has 0 saturated heterocycles. The second-order valence-electron chi connectivity index (χ2n) is 4.62. The highest BCUT2D eigenvalue weighted by Crippen LogP contribution is 2.28. The highest BCUT2D eigenvalue weighted by Gasteiger charge is 2.32. The minimum absolute atomic E-state index is 0. The number of sulfonamides is 1. The van der Waals surface area contributed by atoms with E-state index in [1.165, 1.54) is 11.3 Å². The Morgan fingerprint density at radius 3 is 2.16 bits per heavy atom. The summed E-state index contributed by atoms with van der Waals surface area (Å²) in [4.78, 5) is 0.999. The van der Waals surface area contributed by atoms with E-state index in [4.69, 9.17) is 5.73 Å². The van der Waals surface area contributed by atoms with Crippen LogP contribution in [0.2, 0.25) is 0 Å². The fourth-order valence-corrected chi connectivity index (χ4v) is 5.17. The summed E-state index contributed by atoms with van der Waals surface area (Å²) in [5, 5.41) is 0. The van der Waals surface area contributed by atoms with Gasteiger partial charge in [0.2, 0.25) is 0 Å². The Morgan fingerprint density at radius 2 is 1.84 bits per heavy atom. The molecule has 0 unspecified atom stereocenters. The van der Waals surface area contributed by atoms with Gasteiger partial charge in [-0.15, -0.1) is 23.7 Å². The van der Waals surface area contributed by atoms with Gasteiger partial charge in [-0.3, -0.25) is 0 Å². The van der Waals surface area contributed by atoms with Gasteiger partial charge in [-0.2, -0.15) is 0 Å². The molecule has 1 aromatic rings. The minimum atomic E-state index is -3.48. The molecule has 0 aromatic carbocycles. The van der Waals surface area contributed by atoms with Gasteiger partial charge >= 0.3 is 0 Å². The fraction of sp³-hybridized carbons (Fsp3) is 0.667. The number of nitrogens with one attached hydrogen (secondary N) is 1. The van der Waals surface area contributed by atoms with Gasteiger partial charge in [0.05, 0.1) is 0 Å². The lowest BCUT2D eigenvalue weighted by molar-refractivity contribution is 0.363. The molecule has 0 amide bonds. The van der Waals surface area contributed by atoms with Crippen molar-refractivity contribution in [1.82, 2.24) is 4.72 Å². The predicted molar refractivity (Wildman–Crippen MR) is 83.7 cm³/mol. The SMILES string of the molecule is CCC(CC)(CN)NS(=O)(=O)c1sc(C)cc1C.Cl. The summed E-state index contributed by atoms with van der Waals surface area (Å²) in [5.41, 5.74) is 5.99. The van der Waals surface area contributed by atoms with E-state index in [0.717, 1.165) is 10.4 Å². The van der Waals surface area contributed by atoms with E-state index in [1.54, 1.807) is 0 Å². The molecule has 0 radical (unpaired) electrons. The van der Waals surface area contributed by atoms with Crippen molar-refractivity contribution >= 4 is 33.8 Å². The van der Waals surface area contributed by atoms with E-state index < -0.39 is 15.6 Å². The Balaban J connectivity index is 0.00000324. The average Bonchev–Trinajstić information content (AvgIpc) is 2.66. The molecule has 0 aliphatic carbocycles. The van der Waals surface area contributed by atoms with Gasteiger partial charge in [-0.25, -0.2) is 13.1 Å². The van der Waals surface area contributed by atoms with E-state index in [-0.39, 0.29) is 12.4 Å². The average molecular weight is 327 g/mol. The summed E-state index contributed by atoms with van der Waals surface area (Å²) in [6, 6.07) is 1.89. The van der Waals surface area contributed by atoms with E-state index in [9.17, 15) is 8.42 Å². The number of rotatable bonds is 6. The van der Waals surface area contributed by atoms with Crippen molar-refractivity contribution in [2.24, 2.45) is 5.73 Å². The first-order valence-electron chi connectivity index (χ1n) is 6.11. The van der Waals surface area contributed by atoms with Crippen LogP contribution in [-0.2, 0) is 10.0 Å². The van der Waals surface area contributed by atoms with Gasteiger partial charge in [0.1, 0.15) is 4.21 Å². The molecule has 0 spiro atoms. The number of nitrogens with two attached hydrogens (primary N) is 1. The largest absolute Gasteiger partial charge is 0.329 e. The third-order valence-electron chi connectivity index (χ3n) is 3.33. The molecule has 0 aliphatic heterocycles. The molecule has 0 saturated carbocycles. The zero-order valence-electron chi connectivity index (χ0n) is 11.8. The van der Waals surface area contributed by atoms with Crippen molar-refractivity contribution in [1.29, 1.82) is 0 Å². The predicted octanol–water partition coefficient (Wildman–Crippen LogP) is 2.58. The lowest BCUT2D eigenvalue weighted by Crippen LogP contribution is -2.52. The molecule has 1 rings (SSSR count). The van der Waals surface area contributed by atoms with Crippen LogP contribution in [0.4, 0.5) is 0 Å². The quantitative estimate of drug-likeness (QED) is 0.844. The Bertz CT molecular complexity index is 500. The normalized spacial score (nSPS) is 12.3. The van der Waals surface area contributed by atoms with Crippen molar-refractivity contribution in [3.05, 3.63) is 16.5 Å². The van der Waals surface area contributed by atoms with Crippen LogP contribution < -0.4 is 10.5 Å². The fourth-order valence-electron chi connectivity index (χ4n) is 1.94. The second kappa shape index (κ2) is 7.04. The van der Waals surface area contributed by atoms with Gasteiger partial charge in [-0.1, -0.05) is 13.8 Å². The molecule has 7 heteroatoms. The van der Waals surface area contributed by atoms with Gasteiger partial charge in [-0.05, 0) is 38.3 Å². The van der Waals surface area contributed by atoms with E-state index in [0.29, 0.717) is 23.6 Å². The van der Waals surface area contributed by atoms with Crippen molar-refractivity contribution in [3.63, 3.8) is 0 Å². The highest BCUT2D eigenvalue weighted by atomic mass is 35.5. The number of aryl methyl sites for hydroxylation is 2. The van der Waals surface area contributed by atoms with Crippen LogP contribution in [0.15, 0.2) is 10.3 Å². The van der Waals surface area contributed by atoms with Crippen molar-refractivity contribution < 1.29 is 8.42 Å². The molecule has 0 aliphatic rings. The molecule has 1 heterocycles. The Hall–Kier alpha value is -0.140. The van der Waals surface area contributed by atoms with Crippen LogP contribution in [-0.4, -0.2) is 20.5 Å². The number of hydrogen-bond acceptors (Lipinski definition) is 4. The third-order valence-corrected chi connectivity index (χ3v) is 6.70. The molecular weight excluding hydrogens is 304 g/mol. The smallest absolute Gasteiger partial charge is 0.250 e. The van der Waals surface area contributed by atoms with Crippen LogP contribution in [0.3, 0.4) is 0 Å². The standard InChI is InChI=1S/C12H22N2O2S2.ClH/c1-5-12(6-2,8-13)14-18(15,16)11-9(3)7-10(4)17-11;/h7,14H,5-6,8,13H2,1-4H3;1H. The van der Waals surface area contributed by atoms with Crippen molar-refractivity contribution in [2.45, 2.75) is 50.3 Å². The third kappa shape index (κ3) is 4.16. The molecule has 1 aromatic heterocycles. The summed E-state index contributed by atoms with van der Waals surface area (Å²) in [5.74, 6) is 0. The number of thiophene rings is 1. The van der Waals surface area contributed by atoms with Crippen molar-refractivity contribution in [3.8, 4) is 0 Å². The van der Waals surface area contributed by atoms with Crippen LogP contribution >= 0.6 is 23.7 Å². The first-order chi connectivity index (χ1) is 8.30. The maximum atomic E-state index is 12.4.